The van der Waals surface area contributed by atoms with Gasteiger partial charge in [0.25, 0.3) is 5.91 Å². The van der Waals surface area contributed by atoms with E-state index in [1.165, 1.54) is 43.3 Å². The highest BCUT2D eigenvalue weighted by atomic mass is 19.1. The quantitative estimate of drug-likeness (QED) is 0.125. The molecule has 14 heteroatoms. The van der Waals surface area contributed by atoms with Crippen LogP contribution in [-0.2, 0) is 15.8 Å². The minimum atomic E-state index is -1.76. The van der Waals surface area contributed by atoms with Crippen molar-refractivity contribution in [3.63, 3.8) is 0 Å². The lowest BCUT2D eigenvalue weighted by molar-refractivity contribution is -0.123. The summed E-state index contributed by atoms with van der Waals surface area (Å²) in [6.45, 7) is 7.82. The zero-order chi connectivity index (χ0) is 35.0. The Bertz CT molecular complexity index is 1910. The van der Waals surface area contributed by atoms with Gasteiger partial charge in [0.2, 0.25) is 5.91 Å². The monoisotopic (exact) mass is 659 g/mol. The van der Waals surface area contributed by atoms with Gasteiger partial charge in [-0.05, 0) is 88.7 Å². The van der Waals surface area contributed by atoms with Gasteiger partial charge < -0.3 is 31.3 Å². The minimum absolute atomic E-state index is 0.0456. The smallest absolute Gasteiger partial charge is 0.333 e. The number of aryl methyl sites for hydroxylation is 1. The summed E-state index contributed by atoms with van der Waals surface area (Å²) in [5.74, 6) is -1.35. The van der Waals surface area contributed by atoms with Gasteiger partial charge in [0.05, 0.1) is 29.0 Å². The maximum absolute atomic E-state index is 13.7. The Kier molecular flexibility index (Phi) is 9.10. The Morgan fingerprint density at radius 3 is 2.44 bits per heavy atom. The molecule has 1 aliphatic heterocycles. The van der Waals surface area contributed by atoms with Crippen LogP contribution in [0.3, 0.4) is 0 Å². The molecular formula is C34H38FN7O6. The van der Waals surface area contributed by atoms with E-state index in [0.717, 1.165) is 5.56 Å². The van der Waals surface area contributed by atoms with Gasteiger partial charge in [-0.2, -0.15) is 0 Å². The van der Waals surface area contributed by atoms with E-state index in [2.05, 4.69) is 31.5 Å². The Hall–Kier alpha value is -5.18. The summed E-state index contributed by atoms with van der Waals surface area (Å²) < 4.78 is 19.6. The molecule has 3 heterocycles. The van der Waals surface area contributed by atoms with E-state index in [0.29, 0.717) is 27.8 Å². The van der Waals surface area contributed by atoms with E-state index in [9.17, 15) is 29.0 Å². The van der Waals surface area contributed by atoms with Crippen LogP contribution in [0.4, 0.5) is 14.9 Å². The normalized spacial score (nSPS) is 16.8. The second-order valence-corrected chi connectivity index (χ2v) is 13.0. The molecule has 2 aromatic carbocycles. The van der Waals surface area contributed by atoms with E-state index in [4.69, 9.17) is 10.5 Å². The molecule has 5 rings (SSSR count). The molecular weight excluding hydrogens is 621 g/mol. The third-order valence-corrected chi connectivity index (χ3v) is 8.03. The first-order chi connectivity index (χ1) is 22.5. The number of nitrogens with two attached hydrogens (primary N) is 1. The summed E-state index contributed by atoms with van der Waals surface area (Å²) in [7, 11) is 0. The number of hydrazine groups is 1. The van der Waals surface area contributed by atoms with Crippen LogP contribution in [0.15, 0.2) is 54.7 Å². The molecule has 0 saturated heterocycles. The van der Waals surface area contributed by atoms with Crippen molar-refractivity contribution >= 4 is 34.4 Å². The fourth-order valence-electron chi connectivity index (χ4n) is 5.19. The maximum atomic E-state index is 13.7. The number of rotatable bonds is 10. The number of halogens is 1. The van der Waals surface area contributed by atoms with E-state index >= 15 is 0 Å². The number of aliphatic hydroxyl groups is 2. The molecule has 0 unspecified atom stereocenters. The zero-order valence-electron chi connectivity index (χ0n) is 27.2. The summed E-state index contributed by atoms with van der Waals surface area (Å²) in [6.07, 6.45) is 1.63. The summed E-state index contributed by atoms with van der Waals surface area (Å²) in [5.41, 5.74) is 9.78. The molecule has 252 valence electrons. The van der Waals surface area contributed by atoms with Crippen molar-refractivity contribution in [3.8, 4) is 17.0 Å². The maximum Gasteiger partial charge on any atom is 0.333 e. The summed E-state index contributed by atoms with van der Waals surface area (Å²) >= 11 is 0. The number of amides is 4. The number of pyridine rings is 2. The Morgan fingerprint density at radius 2 is 1.77 bits per heavy atom. The predicted octanol–water partition coefficient (Wildman–Crippen LogP) is 2.91. The molecule has 0 fully saturated rings. The van der Waals surface area contributed by atoms with Crippen molar-refractivity contribution in [1.82, 2.24) is 26.1 Å². The SMILES string of the molecule is Cc1cnc2c(NC(=O)NNCC(C)(C)O)cc(C(=O)NC[C@](C)(O)c3cc4c(c(-c5ccc(F)cc5)n3)OC[C@]4(C)C(N)=O)cc2c1. The lowest BCUT2D eigenvalue weighted by atomic mass is 9.82. The molecule has 13 nitrogen and oxygen atoms in total. The number of nitrogens with one attached hydrogen (secondary N) is 4. The second kappa shape index (κ2) is 12.8. The molecule has 0 spiro atoms. The van der Waals surface area contributed by atoms with Crippen molar-refractivity contribution in [2.24, 2.45) is 5.73 Å². The van der Waals surface area contributed by atoms with Crippen molar-refractivity contribution in [2.45, 2.75) is 51.2 Å². The molecule has 4 amide bonds. The first-order valence-corrected chi connectivity index (χ1v) is 15.1. The molecule has 8 N–H and O–H groups in total. The number of primary amides is 1. The van der Waals surface area contributed by atoms with E-state index in [-0.39, 0.29) is 42.3 Å². The number of carbonyl (C=O) groups is 3. The second-order valence-electron chi connectivity index (χ2n) is 13.0. The summed E-state index contributed by atoms with van der Waals surface area (Å²) in [6, 6.07) is 11.3. The van der Waals surface area contributed by atoms with E-state index < -0.39 is 40.3 Å². The van der Waals surface area contributed by atoms with Crippen LogP contribution in [0.25, 0.3) is 22.2 Å². The number of nitrogens with zero attached hydrogens (tertiary/aromatic N) is 2. The zero-order valence-corrected chi connectivity index (χ0v) is 27.2. The summed E-state index contributed by atoms with van der Waals surface area (Å²) in [4.78, 5) is 47.7. The predicted molar refractivity (Wildman–Crippen MR) is 177 cm³/mol. The highest BCUT2D eigenvalue weighted by molar-refractivity contribution is 6.05. The van der Waals surface area contributed by atoms with Crippen LogP contribution in [0.1, 0.15) is 54.9 Å². The third kappa shape index (κ3) is 7.20. The number of hydrogen-bond acceptors (Lipinski definition) is 9. The topological polar surface area (TPSA) is 201 Å². The number of anilines is 1. The highest BCUT2D eigenvalue weighted by Crippen LogP contribution is 2.45. The molecule has 0 aliphatic carbocycles. The summed E-state index contributed by atoms with van der Waals surface area (Å²) in [5, 5.41) is 27.5. The minimum Gasteiger partial charge on any atom is -0.489 e. The standard InChI is InChI=1S/C34H38FN7O6/c1-18-10-20-11-21(12-24(26(20)37-14-18)40-31(45)42-39-15-32(2,3)46)29(43)38-16-34(5,47)25-13-23-28(48-17-33(23,4)30(36)44)27(41-25)19-6-8-22(35)9-7-19/h6-14,39,46-47H,15-17H2,1-5H3,(H2,36,44)(H,38,43)(H2,40,42,45)/t33-,34-/m0/s1. The number of ether oxygens (including phenoxy) is 1. The number of aromatic nitrogens is 2. The third-order valence-electron chi connectivity index (χ3n) is 8.03. The number of urea groups is 1. The highest BCUT2D eigenvalue weighted by Gasteiger charge is 2.45. The first kappa shape index (κ1) is 34.2. The number of benzene rings is 2. The lowest BCUT2D eigenvalue weighted by Crippen LogP contribution is -2.46. The van der Waals surface area contributed by atoms with Gasteiger partial charge in [-0.25, -0.2) is 19.6 Å². The van der Waals surface area contributed by atoms with Gasteiger partial charge in [0, 0.05) is 34.8 Å². The molecule has 0 radical (unpaired) electrons. The lowest BCUT2D eigenvalue weighted by Gasteiger charge is -2.26. The van der Waals surface area contributed by atoms with Crippen LogP contribution < -0.4 is 32.0 Å². The van der Waals surface area contributed by atoms with Crippen LogP contribution in [0, 0.1) is 12.7 Å². The number of fused-ring (bicyclic) bond motifs is 2. The van der Waals surface area contributed by atoms with Crippen molar-refractivity contribution in [1.29, 1.82) is 0 Å². The van der Waals surface area contributed by atoms with Gasteiger partial charge in [-0.1, -0.05) is 0 Å². The van der Waals surface area contributed by atoms with Gasteiger partial charge in [-0.15, -0.1) is 0 Å². The fraction of sp³-hybridized carbons (Fsp3) is 0.324. The molecule has 4 aromatic rings. The van der Waals surface area contributed by atoms with E-state index in [1.54, 1.807) is 33.0 Å². The number of hydrogen-bond donors (Lipinski definition) is 7. The molecule has 1 aliphatic rings. The van der Waals surface area contributed by atoms with Crippen LogP contribution in [0.2, 0.25) is 0 Å². The largest absolute Gasteiger partial charge is 0.489 e. The van der Waals surface area contributed by atoms with Crippen LogP contribution in [-0.4, -0.2) is 63.3 Å². The van der Waals surface area contributed by atoms with Crippen molar-refractivity contribution in [2.75, 3.05) is 25.0 Å². The van der Waals surface area contributed by atoms with Crippen molar-refractivity contribution in [3.05, 3.63) is 82.9 Å². The fourth-order valence-corrected chi connectivity index (χ4v) is 5.19. The molecule has 48 heavy (non-hydrogen) atoms. The first-order valence-electron chi connectivity index (χ1n) is 15.1. The van der Waals surface area contributed by atoms with Gasteiger partial charge >= 0.3 is 6.03 Å². The van der Waals surface area contributed by atoms with Crippen LogP contribution in [0.5, 0.6) is 5.75 Å². The van der Waals surface area contributed by atoms with Crippen molar-refractivity contribution < 1.29 is 33.7 Å². The average Bonchev–Trinajstić information content (AvgIpc) is 3.36. The average molecular weight is 660 g/mol. The number of carbonyl (C=O) groups excluding carboxylic acids is 3. The molecule has 0 saturated carbocycles. The molecule has 0 bridgehead atoms. The van der Waals surface area contributed by atoms with Crippen LogP contribution >= 0.6 is 0 Å². The van der Waals surface area contributed by atoms with Gasteiger partial charge in [0.15, 0.2) is 0 Å². The Balaban J connectivity index is 1.43. The van der Waals surface area contributed by atoms with Gasteiger partial charge in [0.1, 0.15) is 34.9 Å². The van der Waals surface area contributed by atoms with Gasteiger partial charge in [-0.3, -0.25) is 20.0 Å². The Morgan fingerprint density at radius 1 is 1.06 bits per heavy atom. The molecule has 2 aromatic heterocycles. The molecule has 2 atom stereocenters. The van der Waals surface area contributed by atoms with E-state index in [1.807, 2.05) is 13.0 Å². The Labute approximate surface area is 276 Å².